The summed E-state index contributed by atoms with van der Waals surface area (Å²) >= 11 is 0. The van der Waals surface area contributed by atoms with Crippen molar-refractivity contribution in [2.24, 2.45) is 56.4 Å². The molecule has 0 radical (unpaired) electrons. The normalized spacial score (nSPS) is 9.69. The Hall–Kier alpha value is -4.05. The number of imidazole rings is 8. The smallest absolute Gasteiger partial charge is 1.00 e. The molecule has 0 bridgehead atoms. The van der Waals surface area contributed by atoms with Crippen LogP contribution in [-0.2, 0) is 76.2 Å². The summed E-state index contributed by atoms with van der Waals surface area (Å²) in [6.45, 7) is 0. The predicted octanol–water partition coefficient (Wildman–Crippen LogP) is 1.67. The molecule has 8 aromatic rings. The number of rotatable bonds is 4. The number of nitrogens with zero attached hydrogens (tertiary/aromatic N) is 16. The van der Waals surface area contributed by atoms with Crippen LogP contribution in [0.15, 0.2) is 99.1 Å². The van der Waals surface area contributed by atoms with Gasteiger partial charge in [-0.25, -0.2) is 39.9 Å². The van der Waals surface area contributed by atoms with E-state index in [9.17, 15) is 0 Å². The van der Waals surface area contributed by atoms with E-state index in [1.54, 1.807) is 49.6 Å². The third-order valence-electron chi connectivity index (χ3n) is 7.37. The Bertz CT molecular complexity index is 1720. The molecule has 0 spiro atoms. The van der Waals surface area contributed by atoms with E-state index in [-0.39, 0.29) is 87.5 Å². The van der Waals surface area contributed by atoms with E-state index >= 15 is 0 Å². The molecule has 0 fully saturated rings. The summed E-state index contributed by atoms with van der Waals surface area (Å²) in [4.78, 5) is 33.6. The van der Waals surface area contributed by atoms with Crippen LogP contribution in [0.25, 0.3) is 46.6 Å². The van der Waals surface area contributed by atoms with E-state index in [4.69, 9.17) is 0 Å². The van der Waals surface area contributed by atoms with Crippen molar-refractivity contribution in [3.63, 3.8) is 0 Å². The van der Waals surface area contributed by atoms with E-state index in [1.807, 2.05) is 142 Å². The molecule has 0 aliphatic carbocycles. The number of hydrogen-bond donors (Lipinski definition) is 0. The fourth-order valence-corrected chi connectivity index (χ4v) is 4.65. The molecule has 8 aromatic heterocycles. The van der Waals surface area contributed by atoms with Crippen molar-refractivity contribution < 1.29 is 72.6 Å². The van der Waals surface area contributed by atoms with E-state index < -0.39 is 0 Å². The van der Waals surface area contributed by atoms with E-state index in [0.29, 0.717) is 0 Å². The van der Waals surface area contributed by atoms with Gasteiger partial charge in [0.15, 0.2) is 46.6 Å². The van der Waals surface area contributed by atoms with Crippen LogP contribution in [-0.4, -0.2) is 76.4 Å². The summed E-state index contributed by atoms with van der Waals surface area (Å²) in [6, 6.07) is 0. The van der Waals surface area contributed by atoms with Gasteiger partial charge in [0.05, 0.1) is 0 Å². The zero-order chi connectivity index (χ0) is 34.2. The largest absolute Gasteiger partial charge is 1.00 e. The second-order valence-electron chi connectivity index (χ2n) is 10.9. The molecule has 8 rings (SSSR count). The van der Waals surface area contributed by atoms with Gasteiger partial charge < -0.3 is 38.0 Å². The zero-order valence-electron chi connectivity index (χ0n) is 30.7. The number of hydrogen-bond acceptors (Lipinski definition) is 8. The van der Waals surface area contributed by atoms with Gasteiger partial charge in [-0.2, -0.15) is 0 Å². The summed E-state index contributed by atoms with van der Waals surface area (Å²) in [5.41, 5.74) is 0. The van der Waals surface area contributed by atoms with Crippen LogP contribution in [0.1, 0.15) is 16.3 Å². The minimum absolute atomic E-state index is 0. The molecule has 52 heavy (non-hydrogen) atoms. The van der Waals surface area contributed by atoms with E-state index in [1.165, 1.54) is 0 Å². The van der Waals surface area contributed by atoms with Gasteiger partial charge in [-0.3, -0.25) is 0 Å². The Morgan fingerprint density at radius 1 is 0.288 bits per heavy atom. The summed E-state index contributed by atoms with van der Waals surface area (Å²) in [6.07, 6.45) is 29.4. The second kappa shape index (κ2) is 21.5. The average molecular weight is 911 g/mol. The van der Waals surface area contributed by atoms with Crippen molar-refractivity contribution in [2.75, 3.05) is 0 Å². The van der Waals surface area contributed by atoms with Crippen molar-refractivity contribution in [1.82, 2.24) is 76.4 Å². The monoisotopic (exact) mass is 912 g/mol. The van der Waals surface area contributed by atoms with Crippen LogP contribution >= 0.6 is 0 Å². The van der Waals surface area contributed by atoms with Gasteiger partial charge in [-0.05, 0) is 0 Å². The van der Waals surface area contributed by atoms with Crippen molar-refractivity contribution in [3.8, 4) is 46.6 Å². The fourth-order valence-electron chi connectivity index (χ4n) is 4.65. The first-order valence-electron chi connectivity index (χ1n) is 15.0. The molecule has 8 heterocycles. The van der Waals surface area contributed by atoms with Gasteiger partial charge in [-0.1, -0.05) is 14.9 Å². The van der Waals surface area contributed by atoms with Crippen molar-refractivity contribution in [2.45, 2.75) is 14.9 Å². The second-order valence-corrected chi connectivity index (χ2v) is 10.9. The predicted molar refractivity (Wildman–Crippen MR) is 196 cm³/mol. The van der Waals surface area contributed by atoms with Crippen molar-refractivity contribution in [1.29, 1.82) is 0 Å². The molecular formula is C34H49KN16Os. The molecule has 0 amide bonds. The fraction of sp³-hybridized carbons (Fsp3) is 0.294. The van der Waals surface area contributed by atoms with Gasteiger partial charge in [0.2, 0.25) is 0 Å². The molecule has 0 unspecified atom stereocenters. The number of aromatic nitrogens is 16. The van der Waals surface area contributed by atoms with Gasteiger partial charge in [0.25, 0.3) is 0 Å². The Morgan fingerprint density at radius 3 is 0.442 bits per heavy atom. The Morgan fingerprint density at radius 2 is 0.385 bits per heavy atom. The maximum Gasteiger partial charge on any atom is 1.00 e. The molecule has 0 saturated carbocycles. The van der Waals surface area contributed by atoms with Crippen LogP contribution < -0.4 is 51.4 Å². The van der Waals surface area contributed by atoms with Crippen LogP contribution in [0.3, 0.4) is 0 Å². The van der Waals surface area contributed by atoms with Gasteiger partial charge in [0, 0.05) is 175 Å². The minimum Gasteiger partial charge on any atom is -1.00 e. The molecule has 16 nitrogen and oxygen atoms in total. The van der Waals surface area contributed by atoms with Crippen LogP contribution in [0, 0.1) is 0 Å². The van der Waals surface area contributed by atoms with Gasteiger partial charge in [0.1, 0.15) is 0 Å². The number of aryl methyl sites for hydroxylation is 8. The molecule has 0 atom stereocenters. The summed E-state index contributed by atoms with van der Waals surface area (Å²) < 4.78 is 15.6. The third-order valence-corrected chi connectivity index (χ3v) is 7.37. The molecule has 0 N–H and O–H groups in total. The Balaban J connectivity index is 0.000000660. The molecule has 0 aliphatic rings. The summed E-state index contributed by atoms with van der Waals surface area (Å²) in [5.74, 6) is 7.13. The third kappa shape index (κ3) is 11.0. The summed E-state index contributed by atoms with van der Waals surface area (Å²) in [5, 5.41) is 0. The minimum atomic E-state index is 0. The van der Waals surface area contributed by atoms with Crippen LogP contribution in [0.4, 0.5) is 0 Å². The topological polar surface area (TPSA) is 143 Å². The van der Waals surface area contributed by atoms with Gasteiger partial charge >= 0.3 is 51.4 Å². The quantitative estimate of drug-likeness (QED) is 0.243. The maximum absolute atomic E-state index is 4.20. The maximum atomic E-state index is 4.20. The first-order chi connectivity index (χ1) is 23.2. The standard InChI is InChI=1S/4C8H10N4.2CH4.K.Os.H/c4*1-11-5-3-9-7(11)8-10-4-6-12(8)2;;;;;/h4*3-6H,1-2H3;2*1H4;;;/q;;;;;;+1;;-1. The van der Waals surface area contributed by atoms with Gasteiger partial charge in [-0.15, -0.1) is 0 Å². The first kappa shape index (κ1) is 46.0. The summed E-state index contributed by atoms with van der Waals surface area (Å²) in [7, 11) is 15.6. The Kier molecular flexibility index (Phi) is 19.0. The zero-order valence-corrected chi connectivity index (χ0v) is 35.4. The molecule has 0 saturated heterocycles. The molecular weight excluding hydrogens is 862 g/mol. The average Bonchev–Trinajstić information content (AvgIpc) is 3.89. The van der Waals surface area contributed by atoms with Crippen LogP contribution in [0.2, 0.25) is 0 Å². The molecule has 0 aromatic carbocycles. The molecule has 0 aliphatic heterocycles. The van der Waals surface area contributed by atoms with Crippen LogP contribution in [0.5, 0.6) is 0 Å². The van der Waals surface area contributed by atoms with E-state index in [0.717, 1.165) is 46.6 Å². The SMILES string of the molecule is C.C.Cn1ccnc1-c1nccn1C.Cn1ccnc1-c1nccn1C.Cn1ccnc1-c1nccn1C.Cn1ccnc1-c1nccn1C.[H-].[K+].[Os]. The van der Waals surface area contributed by atoms with Crippen molar-refractivity contribution in [3.05, 3.63) is 99.1 Å². The molecule has 18 heteroatoms. The Labute approximate surface area is 362 Å². The van der Waals surface area contributed by atoms with E-state index in [2.05, 4.69) is 39.9 Å². The first-order valence-corrected chi connectivity index (χ1v) is 15.0. The van der Waals surface area contributed by atoms with Crippen molar-refractivity contribution >= 4 is 0 Å². The molecule has 274 valence electrons.